The van der Waals surface area contributed by atoms with Crippen molar-refractivity contribution in [2.24, 2.45) is 9.98 Å². The predicted molar refractivity (Wildman–Crippen MR) is 205 cm³/mol. The van der Waals surface area contributed by atoms with E-state index >= 15 is 0 Å². The van der Waals surface area contributed by atoms with Crippen molar-refractivity contribution in [3.8, 4) is 66.8 Å². The molecular weight excluding hydrogens is 605 g/mol. The average Bonchev–Trinajstić information content (AvgIpc) is 3.81. The molecule has 0 spiro atoms. The van der Waals surface area contributed by atoms with Gasteiger partial charge in [0.15, 0.2) is 0 Å². The van der Waals surface area contributed by atoms with Gasteiger partial charge in [-0.25, -0.2) is 9.98 Å². The molecule has 0 N–H and O–H groups in total. The van der Waals surface area contributed by atoms with Crippen LogP contribution in [-0.4, -0.2) is 0 Å². The molecule has 2 nitrogen and oxygen atoms in total. The molecule has 10 rings (SSSR count). The molecule has 50 heavy (non-hydrogen) atoms. The lowest BCUT2D eigenvalue weighted by molar-refractivity contribution is 1.36. The van der Waals surface area contributed by atoms with Crippen LogP contribution in [-0.2, 0) is 0 Å². The summed E-state index contributed by atoms with van der Waals surface area (Å²) in [7, 11) is 0. The lowest BCUT2D eigenvalue weighted by atomic mass is 9.80. The van der Waals surface area contributed by atoms with Crippen LogP contribution in [0.1, 0.15) is 6.85 Å². The summed E-state index contributed by atoms with van der Waals surface area (Å²) in [5, 5.41) is 3.88. The maximum absolute atomic E-state index is 9.14. The Hall–Kier alpha value is -6.64. The summed E-state index contributed by atoms with van der Waals surface area (Å²) in [6, 6.07) is 49.4. The van der Waals surface area contributed by atoms with Crippen LogP contribution in [0.4, 0.5) is 11.4 Å². The van der Waals surface area contributed by atoms with Crippen molar-refractivity contribution in [1.82, 2.24) is 0 Å². The number of rotatable bonds is 5. The number of hydrogen-bond acceptors (Lipinski definition) is 2. The van der Waals surface area contributed by atoms with E-state index in [-0.39, 0.29) is 29.7 Å². The first kappa shape index (κ1) is 23.6. The van der Waals surface area contributed by atoms with E-state index in [0.717, 1.165) is 88.2 Å². The summed E-state index contributed by atoms with van der Waals surface area (Å²) in [6.45, 7) is 0. The number of hydrogen-bond donors (Lipinski definition) is 0. The highest BCUT2D eigenvalue weighted by atomic mass is 14.8. The fraction of sp³-hybridized carbons (Fsp3) is 0. The fourth-order valence-electron chi connectivity index (χ4n) is 7.59. The summed E-state index contributed by atoms with van der Waals surface area (Å²) in [5.41, 5.74) is 11.7. The van der Waals surface area contributed by atoms with E-state index < -0.39 is 6.04 Å². The van der Waals surface area contributed by atoms with Gasteiger partial charge in [-0.15, -0.1) is 0 Å². The van der Waals surface area contributed by atoms with Gasteiger partial charge in [0, 0.05) is 27.1 Å². The van der Waals surface area contributed by atoms with Crippen molar-refractivity contribution < 1.29 is 6.85 Å². The molecule has 8 aromatic carbocycles. The van der Waals surface area contributed by atoms with Crippen LogP contribution in [0.5, 0.6) is 0 Å². The minimum atomic E-state index is -0.425. The van der Waals surface area contributed by atoms with Crippen molar-refractivity contribution in [3.63, 3.8) is 0 Å². The maximum atomic E-state index is 9.14. The minimum Gasteiger partial charge on any atom is -0.248 e. The molecule has 0 unspecified atom stereocenters. The Balaban J connectivity index is 1.40. The van der Waals surface area contributed by atoms with E-state index in [4.69, 9.17) is 16.8 Å². The fourth-order valence-corrected chi connectivity index (χ4v) is 7.59. The highest BCUT2D eigenvalue weighted by molar-refractivity contribution is 6.09. The molecule has 0 saturated heterocycles. The Morgan fingerprint density at radius 1 is 0.340 bits per heavy atom. The molecule has 2 heteroatoms. The van der Waals surface area contributed by atoms with Gasteiger partial charge in [0.05, 0.1) is 28.9 Å². The van der Waals surface area contributed by atoms with Gasteiger partial charge in [0.25, 0.3) is 0 Å². The monoisotopic (exact) mass is 639 g/mol. The van der Waals surface area contributed by atoms with Crippen molar-refractivity contribution in [2.75, 3.05) is 0 Å². The van der Waals surface area contributed by atoms with E-state index in [1.807, 2.05) is 103 Å². The third-order valence-electron chi connectivity index (χ3n) is 9.73. The standard InChI is InChI=1S/C48H30N2/c1-4-15-31(16-5-1)34-21-10-11-23-38(34)45-40(44-35(32-17-6-2-7-18-32)24-14-25-36(44)33-19-8-3-9-20-33)28-30-42-46(45)47-43(49-42)29-27-39-37-22-12-13-26-41(37)50-48(39)47/h1-30H/i2D,6D,7D,17D,18D. The lowest BCUT2D eigenvalue weighted by Crippen LogP contribution is -2.02. The van der Waals surface area contributed by atoms with E-state index in [0.29, 0.717) is 5.56 Å². The van der Waals surface area contributed by atoms with Gasteiger partial charge in [-0.05, 0) is 74.3 Å². The summed E-state index contributed by atoms with van der Waals surface area (Å²) in [4.78, 5) is 10.4. The molecule has 0 aromatic heterocycles. The third-order valence-corrected chi connectivity index (χ3v) is 9.73. The van der Waals surface area contributed by atoms with E-state index in [1.165, 1.54) is 0 Å². The highest BCUT2D eigenvalue weighted by Crippen LogP contribution is 2.53. The quantitative estimate of drug-likeness (QED) is 0.179. The second-order valence-corrected chi connectivity index (χ2v) is 12.5. The Morgan fingerprint density at radius 2 is 0.980 bits per heavy atom. The smallest absolute Gasteiger partial charge is 0.0817 e. The zero-order chi connectivity index (χ0) is 37.4. The van der Waals surface area contributed by atoms with Gasteiger partial charge in [0.2, 0.25) is 0 Å². The first-order valence-electron chi connectivity index (χ1n) is 19.2. The number of benzene rings is 8. The molecule has 0 atom stereocenters. The summed E-state index contributed by atoms with van der Waals surface area (Å²) < 4.78 is 44.0. The summed E-state index contributed by atoms with van der Waals surface area (Å²) in [5.74, 6) is 0. The van der Waals surface area contributed by atoms with Gasteiger partial charge in [-0.2, -0.15) is 0 Å². The van der Waals surface area contributed by atoms with Gasteiger partial charge < -0.3 is 0 Å². The Morgan fingerprint density at radius 3 is 1.76 bits per heavy atom. The molecule has 0 amide bonds. The van der Waals surface area contributed by atoms with Gasteiger partial charge in [-0.3, -0.25) is 0 Å². The van der Waals surface area contributed by atoms with Crippen molar-refractivity contribution in [1.29, 1.82) is 0 Å². The Labute approximate surface area is 297 Å². The zero-order valence-electron chi connectivity index (χ0n) is 31.8. The molecule has 0 bridgehead atoms. The first-order valence-corrected chi connectivity index (χ1v) is 16.7. The Bertz CT molecular complexity index is 3120. The highest BCUT2D eigenvalue weighted by Gasteiger charge is 2.29. The van der Waals surface area contributed by atoms with Gasteiger partial charge >= 0.3 is 0 Å². The van der Waals surface area contributed by atoms with Crippen LogP contribution in [0.15, 0.2) is 192 Å². The molecule has 0 radical (unpaired) electrons. The topological polar surface area (TPSA) is 24.7 Å². The summed E-state index contributed by atoms with van der Waals surface area (Å²) in [6.07, 6.45) is 0. The zero-order valence-corrected chi connectivity index (χ0v) is 26.8. The number of para-hydroxylation sites is 1. The number of fused-ring (bicyclic) bond motifs is 6. The van der Waals surface area contributed by atoms with Crippen LogP contribution in [0, 0.1) is 10.4 Å². The molecule has 2 aliphatic rings. The molecule has 2 aliphatic heterocycles. The second-order valence-electron chi connectivity index (χ2n) is 12.5. The number of nitrogens with zero attached hydrogens (tertiary/aromatic N) is 2. The van der Waals surface area contributed by atoms with Crippen LogP contribution in [0.25, 0.3) is 66.8 Å². The van der Waals surface area contributed by atoms with E-state index in [9.17, 15) is 0 Å². The second kappa shape index (κ2) is 11.5. The molecule has 232 valence electrons. The average molecular weight is 640 g/mol. The van der Waals surface area contributed by atoms with Crippen molar-refractivity contribution in [3.05, 3.63) is 203 Å². The predicted octanol–water partition coefficient (Wildman–Crippen LogP) is 11.5. The van der Waals surface area contributed by atoms with Crippen LogP contribution >= 0.6 is 0 Å². The SMILES string of the molecule is [2H]c1c([2H])c([2H])c(-c2cccc(-c3ccccc3)c2-c2ccc3c(c2-c2ccccc2-c2ccccc2)-c2c4c(ccc2=N3)=c2ccccc2=N4)c([2H])c1[2H]. The third kappa shape index (κ3) is 4.43. The normalized spacial score (nSPS) is 13.3. The van der Waals surface area contributed by atoms with Crippen molar-refractivity contribution >= 4 is 11.4 Å². The molecule has 0 fully saturated rings. The largest absolute Gasteiger partial charge is 0.248 e. The maximum Gasteiger partial charge on any atom is 0.0817 e. The molecule has 0 saturated carbocycles. The van der Waals surface area contributed by atoms with Crippen LogP contribution in [0.3, 0.4) is 0 Å². The van der Waals surface area contributed by atoms with Gasteiger partial charge in [0.1, 0.15) is 0 Å². The van der Waals surface area contributed by atoms with Crippen LogP contribution in [0.2, 0.25) is 0 Å². The molecule has 8 aromatic rings. The molecular formula is C48H30N2. The minimum absolute atomic E-state index is 0.151. The first-order chi connectivity index (χ1) is 26.9. The summed E-state index contributed by atoms with van der Waals surface area (Å²) >= 11 is 0. The molecule has 0 aliphatic carbocycles. The van der Waals surface area contributed by atoms with E-state index in [2.05, 4.69) is 48.5 Å². The molecule has 2 heterocycles. The lowest BCUT2D eigenvalue weighted by Gasteiger charge is -2.23. The van der Waals surface area contributed by atoms with Crippen molar-refractivity contribution in [2.45, 2.75) is 0 Å². The Kier molecular flexibility index (Phi) is 5.44. The van der Waals surface area contributed by atoms with Crippen LogP contribution < -0.4 is 10.7 Å². The van der Waals surface area contributed by atoms with E-state index in [1.54, 1.807) is 0 Å². The van der Waals surface area contributed by atoms with Gasteiger partial charge in [-0.1, -0.05) is 158 Å².